The first kappa shape index (κ1) is 34.1. The van der Waals surface area contributed by atoms with Crippen molar-refractivity contribution in [3.05, 3.63) is 12.2 Å². The molecule has 0 aromatic heterocycles. The number of carboxylic acid groups (broad SMARTS) is 3. The van der Waals surface area contributed by atoms with E-state index in [2.05, 4.69) is 19.1 Å². The Kier molecular flexibility index (Phi) is 19.1. The highest BCUT2D eigenvalue weighted by atomic mass is 16.4. The standard InChI is InChI=1S/C29H53NO6/c1-5-9-10-11-12-13-14-15-16-17-18-19-23-30(24(20-6-2)27(31)32,25(21-7-3)28(33)34)26(22-8-4)29(35)36/h16-17,24-26H,5-15,18-23H2,1-4H3,(H2-,31,32,33,34,35,36)/b17-16+. The molecule has 0 aromatic carbocycles. The second kappa shape index (κ2) is 20.2. The maximum Gasteiger partial charge on any atom is 0.362 e. The molecule has 0 rings (SSSR count). The lowest BCUT2D eigenvalue weighted by atomic mass is 9.91. The van der Waals surface area contributed by atoms with Crippen LogP contribution in [-0.2, 0) is 14.4 Å². The summed E-state index contributed by atoms with van der Waals surface area (Å²) >= 11 is 0. The number of hydrogen-bond donors (Lipinski definition) is 2. The van der Waals surface area contributed by atoms with Gasteiger partial charge in [0.15, 0.2) is 12.1 Å². The topological polar surface area (TPSA) is 115 Å². The van der Waals surface area contributed by atoms with Crippen LogP contribution in [0.15, 0.2) is 12.2 Å². The molecule has 0 bridgehead atoms. The van der Waals surface area contributed by atoms with Gasteiger partial charge in [-0.1, -0.05) is 84.8 Å². The summed E-state index contributed by atoms with van der Waals surface area (Å²) in [6.45, 7) is 7.94. The van der Waals surface area contributed by atoms with E-state index in [9.17, 15) is 29.7 Å². The van der Waals surface area contributed by atoms with Crippen LogP contribution in [0.2, 0.25) is 0 Å². The summed E-state index contributed by atoms with van der Waals surface area (Å²) in [4.78, 5) is 37.4. The summed E-state index contributed by atoms with van der Waals surface area (Å²) in [5, 5.41) is 32.8. The van der Waals surface area contributed by atoms with Gasteiger partial charge in [0.05, 0.1) is 12.5 Å². The summed E-state index contributed by atoms with van der Waals surface area (Å²) in [7, 11) is 0. The van der Waals surface area contributed by atoms with Crippen LogP contribution < -0.4 is 5.11 Å². The summed E-state index contributed by atoms with van der Waals surface area (Å²) in [6, 6.07) is -3.38. The molecule has 0 saturated carbocycles. The smallest absolute Gasteiger partial charge is 0.362 e. The predicted octanol–water partition coefficient (Wildman–Crippen LogP) is 5.71. The van der Waals surface area contributed by atoms with Crippen molar-refractivity contribution in [2.24, 2.45) is 0 Å². The van der Waals surface area contributed by atoms with E-state index in [1.165, 1.54) is 38.5 Å². The fourth-order valence-corrected chi connectivity index (χ4v) is 5.57. The summed E-state index contributed by atoms with van der Waals surface area (Å²) in [5.41, 5.74) is 0. The van der Waals surface area contributed by atoms with Gasteiger partial charge in [-0.2, -0.15) is 0 Å². The Hall–Kier alpha value is -1.89. The molecule has 0 heterocycles. The third kappa shape index (κ3) is 11.4. The van der Waals surface area contributed by atoms with E-state index >= 15 is 0 Å². The zero-order chi connectivity index (χ0) is 27.4. The SMILES string of the molecule is CCCCCCCCC/C=C/CCC[N+](C(CCC)C(=O)[O-])(C(CCC)C(=O)O)C(CCC)C(=O)O. The van der Waals surface area contributed by atoms with Gasteiger partial charge in [0.1, 0.15) is 6.04 Å². The largest absolute Gasteiger partial charge is 0.544 e. The molecular formula is C29H53NO6. The number of rotatable bonds is 24. The van der Waals surface area contributed by atoms with Crippen LogP contribution in [0.5, 0.6) is 0 Å². The van der Waals surface area contributed by atoms with Gasteiger partial charge < -0.3 is 20.1 Å². The summed E-state index contributed by atoms with van der Waals surface area (Å²) in [6.07, 6.45) is 17.4. The Morgan fingerprint density at radius 1 is 0.639 bits per heavy atom. The molecule has 0 aliphatic heterocycles. The molecule has 0 radical (unpaired) electrons. The molecule has 36 heavy (non-hydrogen) atoms. The number of carboxylic acids is 3. The lowest BCUT2D eigenvalue weighted by molar-refractivity contribution is -0.975. The maximum absolute atomic E-state index is 12.5. The Labute approximate surface area is 219 Å². The number of quaternary nitrogens is 1. The zero-order valence-electron chi connectivity index (χ0n) is 23.4. The van der Waals surface area contributed by atoms with E-state index in [4.69, 9.17) is 0 Å². The summed E-state index contributed by atoms with van der Waals surface area (Å²) in [5.74, 6) is -3.61. The van der Waals surface area contributed by atoms with Gasteiger partial charge in [0.25, 0.3) is 0 Å². The molecule has 7 heteroatoms. The second-order valence-electron chi connectivity index (χ2n) is 10.2. The molecule has 3 unspecified atom stereocenters. The first-order valence-electron chi connectivity index (χ1n) is 14.4. The number of hydrogen-bond acceptors (Lipinski definition) is 4. The molecular weight excluding hydrogens is 458 g/mol. The molecule has 2 N–H and O–H groups in total. The van der Waals surface area contributed by atoms with E-state index < -0.39 is 40.5 Å². The first-order valence-corrected chi connectivity index (χ1v) is 14.4. The van der Waals surface area contributed by atoms with Gasteiger partial charge >= 0.3 is 11.9 Å². The van der Waals surface area contributed by atoms with Crippen LogP contribution in [0.1, 0.15) is 130 Å². The van der Waals surface area contributed by atoms with E-state index in [1.54, 1.807) is 0 Å². The Morgan fingerprint density at radius 2 is 1.06 bits per heavy atom. The molecule has 0 aromatic rings. The van der Waals surface area contributed by atoms with Crippen LogP contribution in [0.25, 0.3) is 0 Å². The minimum Gasteiger partial charge on any atom is -0.544 e. The van der Waals surface area contributed by atoms with Crippen molar-refractivity contribution in [3.8, 4) is 0 Å². The molecule has 0 spiro atoms. The molecule has 7 nitrogen and oxygen atoms in total. The molecule has 0 saturated heterocycles. The highest BCUT2D eigenvalue weighted by Crippen LogP contribution is 2.33. The third-order valence-corrected chi connectivity index (χ3v) is 7.33. The van der Waals surface area contributed by atoms with Gasteiger partial charge in [-0.3, -0.25) is 4.48 Å². The van der Waals surface area contributed by atoms with Crippen LogP contribution in [-0.4, -0.2) is 57.3 Å². The lowest BCUT2D eigenvalue weighted by Crippen LogP contribution is -2.74. The average Bonchev–Trinajstić information content (AvgIpc) is 2.83. The van der Waals surface area contributed by atoms with Crippen LogP contribution >= 0.6 is 0 Å². The van der Waals surface area contributed by atoms with Crippen LogP contribution in [0.4, 0.5) is 0 Å². The number of unbranched alkanes of at least 4 members (excludes halogenated alkanes) is 8. The minimum atomic E-state index is -1.35. The number of carbonyl (C=O) groups excluding carboxylic acids is 1. The first-order chi connectivity index (χ1) is 17.2. The van der Waals surface area contributed by atoms with Gasteiger partial charge in [-0.25, -0.2) is 9.59 Å². The molecule has 0 amide bonds. The fourth-order valence-electron chi connectivity index (χ4n) is 5.57. The predicted molar refractivity (Wildman–Crippen MR) is 142 cm³/mol. The second-order valence-corrected chi connectivity index (χ2v) is 10.2. The monoisotopic (exact) mass is 511 g/mol. The van der Waals surface area contributed by atoms with Crippen molar-refractivity contribution in [3.63, 3.8) is 0 Å². The van der Waals surface area contributed by atoms with Gasteiger partial charge in [-0.05, 0) is 32.1 Å². The molecule has 3 atom stereocenters. The third-order valence-electron chi connectivity index (χ3n) is 7.33. The van der Waals surface area contributed by atoms with Crippen molar-refractivity contribution >= 4 is 17.9 Å². The number of allylic oxidation sites excluding steroid dienone is 2. The van der Waals surface area contributed by atoms with Crippen molar-refractivity contribution < 1.29 is 34.2 Å². The lowest BCUT2D eigenvalue weighted by Gasteiger charge is -2.52. The van der Waals surface area contributed by atoms with E-state index in [1.807, 2.05) is 20.8 Å². The molecule has 210 valence electrons. The Balaban J connectivity index is 5.68. The minimum absolute atomic E-state index is 0.189. The van der Waals surface area contributed by atoms with Crippen molar-refractivity contribution in [2.45, 2.75) is 149 Å². The van der Waals surface area contributed by atoms with Gasteiger partial charge in [0, 0.05) is 25.7 Å². The zero-order valence-corrected chi connectivity index (χ0v) is 23.4. The van der Waals surface area contributed by atoms with Crippen molar-refractivity contribution in [2.75, 3.05) is 6.54 Å². The van der Waals surface area contributed by atoms with Crippen LogP contribution in [0, 0.1) is 0 Å². The Bertz CT molecular complexity index is 588. The quantitative estimate of drug-likeness (QED) is 0.0975. The van der Waals surface area contributed by atoms with E-state index in [0.29, 0.717) is 32.1 Å². The van der Waals surface area contributed by atoms with E-state index in [-0.39, 0.29) is 25.8 Å². The normalized spacial score (nSPS) is 15.9. The number of carbonyl (C=O) groups is 3. The molecule has 0 fully saturated rings. The highest BCUT2D eigenvalue weighted by Gasteiger charge is 2.54. The Morgan fingerprint density at radius 3 is 1.47 bits per heavy atom. The fraction of sp³-hybridized carbons (Fsp3) is 0.828. The maximum atomic E-state index is 12.5. The highest BCUT2D eigenvalue weighted by molar-refractivity contribution is 5.77. The number of aliphatic carboxylic acids is 3. The molecule has 0 aliphatic carbocycles. The number of nitrogens with zero attached hydrogens (tertiary/aromatic N) is 1. The van der Waals surface area contributed by atoms with Crippen LogP contribution in [0.3, 0.4) is 0 Å². The van der Waals surface area contributed by atoms with Crippen molar-refractivity contribution in [1.82, 2.24) is 0 Å². The van der Waals surface area contributed by atoms with Gasteiger partial charge in [-0.15, -0.1) is 0 Å². The van der Waals surface area contributed by atoms with Crippen molar-refractivity contribution in [1.29, 1.82) is 0 Å². The van der Waals surface area contributed by atoms with Gasteiger partial charge in [0.2, 0.25) is 0 Å². The van der Waals surface area contributed by atoms with E-state index in [0.717, 1.165) is 12.8 Å². The summed E-state index contributed by atoms with van der Waals surface area (Å²) < 4.78 is -0.464. The molecule has 0 aliphatic rings. The average molecular weight is 512 g/mol.